The Morgan fingerprint density at radius 1 is 1.25 bits per heavy atom. The van der Waals surface area contributed by atoms with Crippen LogP contribution in [0, 0.1) is 0 Å². The third kappa shape index (κ3) is 3.41. The maximum atomic E-state index is 13.1. The van der Waals surface area contributed by atoms with Crippen LogP contribution in [0.5, 0.6) is 11.5 Å². The molecule has 0 radical (unpaired) electrons. The molecule has 7 heteroatoms. The third-order valence-electron chi connectivity index (χ3n) is 4.88. The van der Waals surface area contributed by atoms with Gasteiger partial charge in [0.2, 0.25) is 5.91 Å². The molecule has 0 bridgehead atoms. The molecular weight excluding hydrogens is 360 g/mol. The van der Waals surface area contributed by atoms with Crippen molar-refractivity contribution in [1.29, 1.82) is 0 Å². The van der Waals surface area contributed by atoms with Gasteiger partial charge in [0.05, 0.1) is 19.8 Å². The van der Waals surface area contributed by atoms with Crippen molar-refractivity contribution < 1.29 is 24.2 Å². The topological polar surface area (TPSA) is 102 Å². The van der Waals surface area contributed by atoms with Gasteiger partial charge in [0.25, 0.3) is 5.91 Å². The van der Waals surface area contributed by atoms with Gasteiger partial charge in [0.15, 0.2) is 11.5 Å². The molecule has 1 aliphatic heterocycles. The number of nitrogens with two attached hydrogens (primary N) is 1. The number of methoxy groups -OCH3 is 1. The fourth-order valence-corrected chi connectivity index (χ4v) is 3.71. The summed E-state index contributed by atoms with van der Waals surface area (Å²) in [5.74, 6) is 0.201. The molecule has 3 N–H and O–H groups in total. The number of carbonyl (C=O) groups excluding carboxylic acids is 2. The zero-order valence-electron chi connectivity index (χ0n) is 15.9. The quantitative estimate of drug-likeness (QED) is 0.726. The van der Waals surface area contributed by atoms with Gasteiger partial charge < -0.3 is 25.2 Å². The highest BCUT2D eigenvalue weighted by atomic mass is 16.5. The highest BCUT2D eigenvalue weighted by Crippen LogP contribution is 2.42. The molecule has 0 saturated heterocycles. The molecule has 148 valence electrons. The second-order valence-electron chi connectivity index (χ2n) is 6.48. The lowest BCUT2D eigenvalue weighted by Gasteiger charge is -2.32. The Kier molecular flexibility index (Phi) is 5.84. The number of primary amides is 1. The van der Waals surface area contributed by atoms with Crippen molar-refractivity contribution in [2.45, 2.75) is 25.4 Å². The minimum atomic E-state index is -0.891. The van der Waals surface area contributed by atoms with Gasteiger partial charge in [-0.25, -0.2) is 0 Å². The second kappa shape index (κ2) is 8.31. The first-order valence-corrected chi connectivity index (χ1v) is 9.16. The summed E-state index contributed by atoms with van der Waals surface area (Å²) in [4.78, 5) is 26.8. The lowest BCUT2D eigenvalue weighted by molar-refractivity contribution is -0.123. The molecule has 1 heterocycles. The maximum Gasteiger partial charge on any atom is 0.255 e. The number of fused-ring (bicyclic) bond motifs is 1. The van der Waals surface area contributed by atoms with E-state index in [-0.39, 0.29) is 18.9 Å². The number of ether oxygens (including phenoxy) is 2. The van der Waals surface area contributed by atoms with Gasteiger partial charge in [-0.1, -0.05) is 24.3 Å². The standard InChI is InChI=1S/C21H24N2O5/c1-3-28-18-12-13(8-9-17(18)27-2)16(10-11-24)23-19(20(22)25)14-6-4-5-7-15(14)21(23)26/h4-9,12,16,19,24H,3,10-11H2,1-2H3,(H2,22,25). The van der Waals surface area contributed by atoms with E-state index >= 15 is 0 Å². The average Bonchev–Trinajstić information content (AvgIpc) is 2.99. The number of rotatable bonds is 8. The first-order valence-electron chi connectivity index (χ1n) is 9.16. The molecule has 0 aromatic heterocycles. The summed E-state index contributed by atoms with van der Waals surface area (Å²) < 4.78 is 11.0. The normalized spacial score (nSPS) is 16.6. The summed E-state index contributed by atoms with van der Waals surface area (Å²) in [5.41, 5.74) is 7.42. The average molecular weight is 384 g/mol. The lowest BCUT2D eigenvalue weighted by atomic mass is 9.99. The molecule has 2 atom stereocenters. The first kappa shape index (κ1) is 19.7. The van der Waals surface area contributed by atoms with Gasteiger partial charge in [0, 0.05) is 12.2 Å². The molecule has 0 fully saturated rings. The fraction of sp³-hybridized carbons (Fsp3) is 0.333. The number of aliphatic hydroxyl groups excluding tert-OH is 1. The smallest absolute Gasteiger partial charge is 0.255 e. The Morgan fingerprint density at radius 3 is 2.64 bits per heavy atom. The maximum absolute atomic E-state index is 13.1. The van der Waals surface area contributed by atoms with Crippen LogP contribution in [0.15, 0.2) is 42.5 Å². The number of hydrogen-bond donors (Lipinski definition) is 2. The van der Waals surface area contributed by atoms with Crippen molar-refractivity contribution in [2.24, 2.45) is 5.73 Å². The van der Waals surface area contributed by atoms with E-state index < -0.39 is 18.0 Å². The van der Waals surface area contributed by atoms with Crippen LogP contribution in [0.2, 0.25) is 0 Å². The van der Waals surface area contributed by atoms with E-state index in [1.807, 2.05) is 6.92 Å². The molecular formula is C21H24N2O5. The molecule has 1 aliphatic rings. The second-order valence-corrected chi connectivity index (χ2v) is 6.48. The van der Waals surface area contributed by atoms with Crippen molar-refractivity contribution in [3.63, 3.8) is 0 Å². The molecule has 7 nitrogen and oxygen atoms in total. The first-order chi connectivity index (χ1) is 13.5. The van der Waals surface area contributed by atoms with Crippen molar-refractivity contribution in [1.82, 2.24) is 4.90 Å². The molecule has 0 saturated carbocycles. The molecule has 2 aromatic rings. The zero-order valence-corrected chi connectivity index (χ0v) is 15.9. The van der Waals surface area contributed by atoms with E-state index in [9.17, 15) is 14.7 Å². The Morgan fingerprint density at radius 2 is 2.00 bits per heavy atom. The van der Waals surface area contributed by atoms with E-state index in [0.29, 0.717) is 29.2 Å². The van der Waals surface area contributed by atoms with Crippen LogP contribution in [-0.4, -0.2) is 42.1 Å². The van der Waals surface area contributed by atoms with Gasteiger partial charge in [-0.2, -0.15) is 0 Å². The van der Waals surface area contributed by atoms with Crippen LogP contribution in [0.1, 0.15) is 46.9 Å². The molecule has 2 aromatic carbocycles. The van der Waals surface area contributed by atoms with E-state index in [4.69, 9.17) is 15.2 Å². The van der Waals surface area contributed by atoms with Crippen LogP contribution >= 0.6 is 0 Å². The van der Waals surface area contributed by atoms with Gasteiger partial charge in [-0.3, -0.25) is 9.59 Å². The summed E-state index contributed by atoms with van der Waals surface area (Å²) >= 11 is 0. The van der Waals surface area contributed by atoms with Crippen LogP contribution in [0.25, 0.3) is 0 Å². The highest BCUT2D eigenvalue weighted by molar-refractivity contribution is 6.04. The number of nitrogens with zero attached hydrogens (tertiary/aromatic N) is 1. The molecule has 2 unspecified atom stereocenters. The minimum absolute atomic E-state index is 0.160. The van der Waals surface area contributed by atoms with Crippen molar-refractivity contribution in [2.75, 3.05) is 20.3 Å². The van der Waals surface area contributed by atoms with Crippen LogP contribution in [0.3, 0.4) is 0 Å². The predicted octanol–water partition coefficient (Wildman–Crippen LogP) is 2.20. The Labute approximate surface area is 163 Å². The summed E-state index contributed by atoms with van der Waals surface area (Å²) in [5, 5.41) is 9.65. The predicted molar refractivity (Wildman–Crippen MR) is 103 cm³/mol. The summed E-state index contributed by atoms with van der Waals surface area (Å²) in [6.07, 6.45) is 0.251. The largest absolute Gasteiger partial charge is 0.493 e. The summed E-state index contributed by atoms with van der Waals surface area (Å²) in [7, 11) is 1.55. The highest BCUT2D eigenvalue weighted by Gasteiger charge is 2.43. The summed E-state index contributed by atoms with van der Waals surface area (Å²) in [6.45, 7) is 2.15. The Bertz CT molecular complexity index is 883. The van der Waals surface area contributed by atoms with Crippen LogP contribution < -0.4 is 15.2 Å². The Hall–Kier alpha value is -3.06. The van der Waals surface area contributed by atoms with Gasteiger partial charge >= 0.3 is 0 Å². The lowest BCUT2D eigenvalue weighted by Crippen LogP contribution is -2.39. The zero-order chi connectivity index (χ0) is 20.3. The molecule has 3 rings (SSSR count). The van der Waals surface area contributed by atoms with Crippen LogP contribution in [-0.2, 0) is 4.79 Å². The van der Waals surface area contributed by atoms with Gasteiger partial charge in [0.1, 0.15) is 6.04 Å². The fourth-order valence-electron chi connectivity index (χ4n) is 3.71. The number of carbonyl (C=O) groups is 2. The van der Waals surface area contributed by atoms with E-state index in [1.54, 1.807) is 49.6 Å². The van der Waals surface area contributed by atoms with Crippen molar-refractivity contribution >= 4 is 11.8 Å². The molecule has 0 aliphatic carbocycles. The molecule has 2 amide bonds. The third-order valence-corrected chi connectivity index (χ3v) is 4.88. The Balaban J connectivity index is 2.08. The van der Waals surface area contributed by atoms with Crippen molar-refractivity contribution in [3.8, 4) is 11.5 Å². The van der Waals surface area contributed by atoms with Gasteiger partial charge in [-0.15, -0.1) is 0 Å². The SMILES string of the molecule is CCOc1cc(C(CCO)N2C(=O)c3ccccc3C2C(N)=O)ccc1OC. The van der Waals surface area contributed by atoms with Crippen molar-refractivity contribution in [3.05, 3.63) is 59.2 Å². The van der Waals surface area contributed by atoms with E-state index in [1.165, 1.54) is 4.90 Å². The summed E-state index contributed by atoms with van der Waals surface area (Å²) in [6, 6.07) is 10.8. The number of amides is 2. The monoisotopic (exact) mass is 384 g/mol. The van der Waals surface area contributed by atoms with E-state index in [2.05, 4.69) is 0 Å². The molecule has 28 heavy (non-hydrogen) atoms. The molecule has 0 spiro atoms. The minimum Gasteiger partial charge on any atom is -0.493 e. The number of hydrogen-bond acceptors (Lipinski definition) is 5. The number of benzene rings is 2. The van der Waals surface area contributed by atoms with Crippen LogP contribution in [0.4, 0.5) is 0 Å². The number of aliphatic hydroxyl groups is 1. The van der Waals surface area contributed by atoms with Gasteiger partial charge in [-0.05, 0) is 42.7 Å². The van der Waals surface area contributed by atoms with E-state index in [0.717, 1.165) is 5.56 Å².